The molecule has 196 valence electrons. The lowest BCUT2D eigenvalue weighted by Crippen LogP contribution is -2.36. The van der Waals surface area contributed by atoms with Gasteiger partial charge in [-0.05, 0) is 80.0 Å². The van der Waals surface area contributed by atoms with Gasteiger partial charge in [-0.1, -0.05) is 13.0 Å². The predicted octanol–water partition coefficient (Wildman–Crippen LogP) is 5.76. The standard InChI is InChI=1S/C28H31F3N4O2/c1-4-19-14-32-28(33-15-19)34-9-7-20(8-10-34)17-37-27-6-5-21(11-26(27)31)22-12-24(29)23(25(30)13-22)16-35(36)18(2)3/h5-6,11-16,18,20H,4,7-10,17H2,1-3H3/b35-16-. The van der Waals surface area contributed by atoms with Crippen LogP contribution in [-0.4, -0.2) is 46.7 Å². The largest absolute Gasteiger partial charge is 0.624 e. The van der Waals surface area contributed by atoms with E-state index in [-0.39, 0.29) is 17.2 Å². The lowest BCUT2D eigenvalue weighted by molar-refractivity contribution is -0.487. The number of halogens is 3. The maximum absolute atomic E-state index is 14.8. The highest BCUT2D eigenvalue weighted by Crippen LogP contribution is 2.29. The number of rotatable bonds is 8. The van der Waals surface area contributed by atoms with Gasteiger partial charge in [0.2, 0.25) is 5.95 Å². The van der Waals surface area contributed by atoms with E-state index in [1.165, 1.54) is 12.1 Å². The monoisotopic (exact) mass is 512 g/mol. The van der Waals surface area contributed by atoms with Crippen molar-refractivity contribution >= 4 is 12.2 Å². The van der Waals surface area contributed by atoms with Crippen LogP contribution < -0.4 is 9.64 Å². The summed E-state index contributed by atoms with van der Waals surface area (Å²) < 4.78 is 50.1. The molecule has 4 rings (SSSR count). The zero-order valence-electron chi connectivity index (χ0n) is 21.3. The van der Waals surface area contributed by atoms with E-state index < -0.39 is 29.1 Å². The number of aromatic nitrogens is 2. The van der Waals surface area contributed by atoms with Crippen LogP contribution in [0.25, 0.3) is 11.1 Å². The fourth-order valence-corrected chi connectivity index (χ4v) is 4.15. The Bertz CT molecular complexity index is 1230. The quantitative estimate of drug-likeness (QED) is 0.166. The summed E-state index contributed by atoms with van der Waals surface area (Å²) in [6, 6.07) is 5.94. The minimum Gasteiger partial charge on any atom is -0.624 e. The number of anilines is 1. The smallest absolute Gasteiger partial charge is 0.225 e. The third-order valence-electron chi connectivity index (χ3n) is 6.58. The number of benzene rings is 2. The van der Waals surface area contributed by atoms with E-state index in [1.54, 1.807) is 19.9 Å². The molecule has 3 aromatic rings. The molecular formula is C28H31F3N4O2. The molecule has 0 amide bonds. The molecule has 1 fully saturated rings. The summed E-state index contributed by atoms with van der Waals surface area (Å²) in [5.41, 5.74) is 1.15. The average molecular weight is 513 g/mol. The van der Waals surface area contributed by atoms with E-state index in [9.17, 15) is 18.4 Å². The topological polar surface area (TPSA) is 64.3 Å². The molecule has 6 nitrogen and oxygen atoms in total. The van der Waals surface area contributed by atoms with E-state index in [0.717, 1.165) is 62.2 Å². The second kappa shape index (κ2) is 11.6. The first-order chi connectivity index (χ1) is 17.7. The number of piperidine rings is 1. The van der Waals surface area contributed by atoms with E-state index in [4.69, 9.17) is 4.74 Å². The number of ether oxygens (including phenoxy) is 1. The highest BCUT2D eigenvalue weighted by molar-refractivity contribution is 5.79. The number of hydrogen-bond acceptors (Lipinski definition) is 5. The molecule has 0 radical (unpaired) electrons. The summed E-state index contributed by atoms with van der Waals surface area (Å²) in [4.78, 5) is 11.0. The SMILES string of the molecule is CCc1cnc(N2CCC(COc3ccc(-c4cc(F)c(/C=[N+](\[O-])C(C)C)c(F)c4)cc3F)CC2)nc1. The molecule has 37 heavy (non-hydrogen) atoms. The zero-order chi connectivity index (χ0) is 26.5. The van der Waals surface area contributed by atoms with Crippen LogP contribution in [0, 0.1) is 28.6 Å². The van der Waals surface area contributed by atoms with Crippen LogP contribution in [0.2, 0.25) is 0 Å². The molecule has 0 bridgehead atoms. The van der Waals surface area contributed by atoms with Crippen molar-refractivity contribution in [3.05, 3.63) is 76.5 Å². The Hall–Kier alpha value is -3.62. The van der Waals surface area contributed by atoms with Gasteiger partial charge in [0, 0.05) is 25.5 Å². The Morgan fingerprint density at radius 1 is 1.03 bits per heavy atom. The first kappa shape index (κ1) is 26.4. The maximum Gasteiger partial charge on any atom is 0.225 e. The van der Waals surface area contributed by atoms with Crippen molar-refractivity contribution in [3.63, 3.8) is 0 Å². The van der Waals surface area contributed by atoms with Crippen molar-refractivity contribution < 1.29 is 22.6 Å². The summed E-state index contributed by atoms with van der Waals surface area (Å²) in [6.45, 7) is 7.26. The third-order valence-corrected chi connectivity index (χ3v) is 6.58. The summed E-state index contributed by atoms with van der Waals surface area (Å²) in [5.74, 6) is -1.31. The summed E-state index contributed by atoms with van der Waals surface area (Å²) in [7, 11) is 0. The highest BCUT2D eigenvalue weighted by atomic mass is 19.1. The number of hydrogen-bond donors (Lipinski definition) is 0. The molecular weight excluding hydrogens is 481 g/mol. The minimum atomic E-state index is -0.893. The van der Waals surface area contributed by atoms with Crippen LogP contribution in [0.1, 0.15) is 44.7 Å². The minimum absolute atomic E-state index is 0.0921. The lowest BCUT2D eigenvalue weighted by atomic mass is 9.98. The lowest BCUT2D eigenvalue weighted by Gasteiger charge is -2.31. The van der Waals surface area contributed by atoms with Gasteiger partial charge in [-0.2, -0.15) is 0 Å². The molecule has 0 aliphatic carbocycles. The van der Waals surface area contributed by atoms with Gasteiger partial charge in [0.05, 0.1) is 6.61 Å². The van der Waals surface area contributed by atoms with Crippen molar-refractivity contribution in [2.45, 2.75) is 46.1 Å². The Morgan fingerprint density at radius 3 is 2.22 bits per heavy atom. The molecule has 9 heteroatoms. The van der Waals surface area contributed by atoms with E-state index >= 15 is 0 Å². The molecule has 1 aliphatic rings. The molecule has 0 saturated carbocycles. The van der Waals surface area contributed by atoms with Gasteiger partial charge in [0.15, 0.2) is 23.8 Å². The van der Waals surface area contributed by atoms with Crippen molar-refractivity contribution in [3.8, 4) is 16.9 Å². The molecule has 1 saturated heterocycles. The van der Waals surface area contributed by atoms with Crippen molar-refractivity contribution in [2.75, 3.05) is 24.6 Å². The van der Waals surface area contributed by atoms with Gasteiger partial charge >= 0.3 is 0 Å². The third kappa shape index (κ3) is 6.39. The summed E-state index contributed by atoms with van der Waals surface area (Å²) >= 11 is 0. The van der Waals surface area contributed by atoms with Gasteiger partial charge in [-0.25, -0.2) is 27.9 Å². The van der Waals surface area contributed by atoms with Crippen LogP contribution in [0.3, 0.4) is 0 Å². The fourth-order valence-electron chi connectivity index (χ4n) is 4.15. The molecule has 2 heterocycles. The Morgan fingerprint density at radius 2 is 1.65 bits per heavy atom. The van der Waals surface area contributed by atoms with E-state index in [1.807, 2.05) is 12.4 Å². The molecule has 1 aromatic heterocycles. The van der Waals surface area contributed by atoms with Crippen LogP contribution in [0.5, 0.6) is 5.75 Å². The molecule has 0 unspecified atom stereocenters. The van der Waals surface area contributed by atoms with Crippen LogP contribution in [0.15, 0.2) is 42.7 Å². The van der Waals surface area contributed by atoms with Gasteiger partial charge in [0.25, 0.3) is 0 Å². The Kier molecular flexibility index (Phi) is 8.31. The Balaban J connectivity index is 1.36. The fraction of sp³-hybridized carbons (Fsp3) is 0.393. The summed E-state index contributed by atoms with van der Waals surface area (Å²) in [5, 5.41) is 11.8. The van der Waals surface area contributed by atoms with Gasteiger partial charge in [0.1, 0.15) is 17.2 Å². The molecule has 0 N–H and O–H groups in total. The number of nitrogens with zero attached hydrogens (tertiary/aromatic N) is 4. The second-order valence-electron chi connectivity index (χ2n) is 9.57. The predicted molar refractivity (Wildman–Crippen MR) is 138 cm³/mol. The van der Waals surface area contributed by atoms with Crippen molar-refractivity contribution in [1.29, 1.82) is 0 Å². The zero-order valence-corrected chi connectivity index (χ0v) is 21.3. The van der Waals surface area contributed by atoms with E-state index in [0.29, 0.717) is 16.9 Å². The molecule has 1 aliphatic heterocycles. The first-order valence-electron chi connectivity index (χ1n) is 12.5. The highest BCUT2D eigenvalue weighted by Gasteiger charge is 2.22. The van der Waals surface area contributed by atoms with Crippen molar-refractivity contribution in [1.82, 2.24) is 9.97 Å². The number of aryl methyl sites for hydroxylation is 1. The molecule has 0 spiro atoms. The van der Waals surface area contributed by atoms with Gasteiger partial charge in [-0.3, -0.25) is 0 Å². The first-order valence-corrected chi connectivity index (χ1v) is 12.5. The summed E-state index contributed by atoms with van der Waals surface area (Å²) in [6.07, 6.45) is 7.24. The average Bonchev–Trinajstić information content (AvgIpc) is 2.90. The van der Waals surface area contributed by atoms with E-state index in [2.05, 4.69) is 21.8 Å². The number of hydroxylamine groups is 1. The molecule has 0 atom stereocenters. The van der Waals surface area contributed by atoms with Gasteiger partial charge in [-0.15, -0.1) is 0 Å². The Labute approximate surface area is 215 Å². The molecule has 2 aromatic carbocycles. The van der Waals surface area contributed by atoms with Crippen LogP contribution >= 0.6 is 0 Å². The maximum atomic E-state index is 14.8. The second-order valence-corrected chi connectivity index (χ2v) is 9.57. The van der Waals surface area contributed by atoms with Crippen LogP contribution in [0.4, 0.5) is 19.1 Å². The van der Waals surface area contributed by atoms with Gasteiger partial charge < -0.3 is 14.8 Å². The van der Waals surface area contributed by atoms with Crippen molar-refractivity contribution in [2.24, 2.45) is 5.92 Å². The van der Waals surface area contributed by atoms with Crippen LogP contribution in [-0.2, 0) is 6.42 Å². The normalized spacial score (nSPS) is 14.9.